The van der Waals surface area contributed by atoms with Crippen molar-refractivity contribution in [1.82, 2.24) is 14.6 Å². The third kappa shape index (κ3) is 4.38. The van der Waals surface area contributed by atoms with E-state index in [4.69, 9.17) is 0 Å². The molecule has 0 unspecified atom stereocenters. The van der Waals surface area contributed by atoms with Crippen LogP contribution in [0.1, 0.15) is 17.0 Å². The molecule has 2 aromatic heterocycles. The summed E-state index contributed by atoms with van der Waals surface area (Å²) in [5.41, 5.74) is 7.30. The van der Waals surface area contributed by atoms with Crippen LogP contribution < -0.4 is 10.9 Å². The van der Waals surface area contributed by atoms with Gasteiger partial charge in [0.15, 0.2) is 5.43 Å². The standard InChI is InChI=1S/C28H23N5O4/c1-18-15-20(19(2)32(18)21-11-13-22(14-12-21)33(36)37)16-29-30-27(34)17-31-25-9-5-3-7-23(25)28(35)24-8-4-6-10-26(24)31/h3-16H,17H2,1-2H3,(H,30,34). The van der Waals surface area contributed by atoms with Gasteiger partial charge in [0.25, 0.3) is 11.6 Å². The van der Waals surface area contributed by atoms with Crippen LogP contribution >= 0.6 is 0 Å². The zero-order chi connectivity index (χ0) is 26.1. The fraction of sp³-hybridized carbons (Fsp3) is 0.107. The number of nitrogens with one attached hydrogen (secondary N) is 1. The zero-order valence-corrected chi connectivity index (χ0v) is 20.2. The van der Waals surface area contributed by atoms with Crippen molar-refractivity contribution in [1.29, 1.82) is 0 Å². The van der Waals surface area contributed by atoms with Crippen molar-refractivity contribution in [3.63, 3.8) is 0 Å². The number of carbonyl (C=O) groups excluding carboxylic acids is 1. The van der Waals surface area contributed by atoms with E-state index >= 15 is 0 Å². The average Bonchev–Trinajstić information content (AvgIpc) is 3.19. The van der Waals surface area contributed by atoms with E-state index in [0.717, 1.165) is 22.6 Å². The smallest absolute Gasteiger partial charge is 0.269 e. The molecule has 0 radical (unpaired) electrons. The van der Waals surface area contributed by atoms with Crippen LogP contribution in [0.3, 0.4) is 0 Å². The third-order valence-electron chi connectivity index (χ3n) is 6.36. The highest BCUT2D eigenvalue weighted by Gasteiger charge is 2.14. The van der Waals surface area contributed by atoms with Crippen molar-refractivity contribution in [2.24, 2.45) is 5.10 Å². The number of nitro groups is 1. The van der Waals surface area contributed by atoms with E-state index in [1.54, 1.807) is 42.6 Å². The van der Waals surface area contributed by atoms with Gasteiger partial charge in [0.1, 0.15) is 6.54 Å². The second-order valence-corrected chi connectivity index (χ2v) is 8.68. The van der Waals surface area contributed by atoms with Gasteiger partial charge in [-0.15, -0.1) is 0 Å². The number of hydrogen-bond donors (Lipinski definition) is 1. The van der Waals surface area contributed by atoms with Crippen molar-refractivity contribution < 1.29 is 9.72 Å². The molecule has 5 aromatic rings. The molecule has 0 aliphatic rings. The first-order valence-corrected chi connectivity index (χ1v) is 11.6. The average molecular weight is 494 g/mol. The molecule has 0 aliphatic carbocycles. The lowest BCUT2D eigenvalue weighted by Crippen LogP contribution is -2.25. The monoisotopic (exact) mass is 493 g/mol. The first-order valence-electron chi connectivity index (χ1n) is 11.6. The topological polar surface area (TPSA) is 112 Å². The van der Waals surface area contributed by atoms with Gasteiger partial charge in [-0.3, -0.25) is 19.7 Å². The van der Waals surface area contributed by atoms with Crippen molar-refractivity contribution in [3.05, 3.63) is 116 Å². The van der Waals surface area contributed by atoms with Crippen LogP contribution in [0, 0.1) is 24.0 Å². The van der Waals surface area contributed by atoms with E-state index in [0.29, 0.717) is 21.8 Å². The number of carbonyl (C=O) groups is 1. The van der Waals surface area contributed by atoms with Gasteiger partial charge in [-0.05, 0) is 56.3 Å². The second-order valence-electron chi connectivity index (χ2n) is 8.68. The lowest BCUT2D eigenvalue weighted by Gasteiger charge is -2.14. The highest BCUT2D eigenvalue weighted by molar-refractivity contribution is 5.95. The highest BCUT2D eigenvalue weighted by atomic mass is 16.6. The van der Waals surface area contributed by atoms with Gasteiger partial charge < -0.3 is 9.13 Å². The summed E-state index contributed by atoms with van der Waals surface area (Å²) in [6, 6.07) is 22.7. The van der Waals surface area contributed by atoms with Crippen LogP contribution in [0.2, 0.25) is 0 Å². The maximum atomic E-state index is 12.9. The summed E-state index contributed by atoms with van der Waals surface area (Å²) in [7, 11) is 0. The number of pyridine rings is 1. The first-order chi connectivity index (χ1) is 17.8. The zero-order valence-electron chi connectivity index (χ0n) is 20.2. The van der Waals surface area contributed by atoms with E-state index in [1.807, 2.05) is 53.3 Å². The minimum atomic E-state index is -0.432. The molecule has 0 atom stereocenters. The van der Waals surface area contributed by atoms with E-state index in [2.05, 4.69) is 10.5 Å². The van der Waals surface area contributed by atoms with Crippen LogP contribution in [0.4, 0.5) is 5.69 Å². The number of aromatic nitrogens is 2. The Kier molecular flexibility index (Phi) is 6.10. The molecule has 1 amide bonds. The Morgan fingerprint density at radius 3 is 2.16 bits per heavy atom. The molecular weight excluding hydrogens is 470 g/mol. The van der Waals surface area contributed by atoms with Gasteiger partial charge in [0.05, 0.1) is 22.2 Å². The fourth-order valence-corrected chi connectivity index (χ4v) is 4.64. The van der Waals surface area contributed by atoms with Gasteiger partial charge in [0, 0.05) is 45.5 Å². The fourth-order valence-electron chi connectivity index (χ4n) is 4.64. The molecule has 0 spiro atoms. The normalized spacial score (nSPS) is 11.4. The molecule has 0 bridgehead atoms. The van der Waals surface area contributed by atoms with Gasteiger partial charge in [-0.2, -0.15) is 5.10 Å². The van der Waals surface area contributed by atoms with Crippen molar-refractivity contribution >= 4 is 39.6 Å². The molecule has 9 nitrogen and oxygen atoms in total. The SMILES string of the molecule is Cc1cc(C=NNC(=O)Cn2c3ccccc3c(=O)c3ccccc32)c(C)n1-c1ccc([N+](=O)[O-])cc1. The number of para-hydroxylation sites is 2. The van der Waals surface area contributed by atoms with E-state index in [9.17, 15) is 19.7 Å². The summed E-state index contributed by atoms with van der Waals surface area (Å²) in [4.78, 5) is 36.3. The molecule has 0 aliphatic heterocycles. The first kappa shape index (κ1) is 23.7. The van der Waals surface area contributed by atoms with Crippen LogP contribution in [0.5, 0.6) is 0 Å². The molecule has 0 saturated carbocycles. The van der Waals surface area contributed by atoms with E-state index in [1.165, 1.54) is 12.1 Å². The summed E-state index contributed by atoms with van der Waals surface area (Å²) < 4.78 is 3.78. The lowest BCUT2D eigenvalue weighted by atomic mass is 10.1. The third-order valence-corrected chi connectivity index (χ3v) is 6.36. The Morgan fingerprint density at radius 2 is 1.57 bits per heavy atom. The number of amides is 1. The Balaban J connectivity index is 1.38. The Hall–Kier alpha value is -5.05. The van der Waals surface area contributed by atoms with E-state index in [-0.39, 0.29) is 23.6 Å². The summed E-state index contributed by atoms with van der Waals surface area (Å²) in [6.07, 6.45) is 1.57. The van der Waals surface area contributed by atoms with Gasteiger partial charge in [0.2, 0.25) is 0 Å². The van der Waals surface area contributed by atoms with Gasteiger partial charge >= 0.3 is 0 Å². The number of hydrogen-bond acceptors (Lipinski definition) is 5. The number of fused-ring (bicyclic) bond motifs is 2. The number of rotatable bonds is 6. The van der Waals surface area contributed by atoms with Gasteiger partial charge in [-0.1, -0.05) is 24.3 Å². The van der Waals surface area contributed by atoms with Crippen LogP contribution in [-0.4, -0.2) is 26.2 Å². The number of nitro benzene ring substituents is 1. The molecule has 2 heterocycles. The maximum Gasteiger partial charge on any atom is 0.269 e. The Labute approximate surface area is 211 Å². The second kappa shape index (κ2) is 9.54. The van der Waals surface area contributed by atoms with Crippen molar-refractivity contribution in [3.8, 4) is 5.69 Å². The van der Waals surface area contributed by atoms with Crippen molar-refractivity contribution in [2.75, 3.05) is 0 Å². The molecule has 0 fully saturated rings. The Bertz CT molecular complexity index is 1700. The Morgan fingerprint density at radius 1 is 0.973 bits per heavy atom. The molecule has 0 saturated heterocycles. The van der Waals surface area contributed by atoms with Crippen LogP contribution in [-0.2, 0) is 11.3 Å². The molecule has 37 heavy (non-hydrogen) atoms. The summed E-state index contributed by atoms with van der Waals surface area (Å²) >= 11 is 0. The molecule has 1 N–H and O–H groups in total. The number of hydrazone groups is 1. The van der Waals surface area contributed by atoms with Gasteiger partial charge in [-0.25, -0.2) is 5.43 Å². The number of non-ortho nitro benzene ring substituents is 1. The molecule has 184 valence electrons. The quantitative estimate of drug-likeness (QED) is 0.161. The van der Waals surface area contributed by atoms with Crippen LogP contribution in [0.15, 0.2) is 88.8 Å². The molecular formula is C28H23N5O4. The van der Waals surface area contributed by atoms with Crippen LogP contribution in [0.25, 0.3) is 27.5 Å². The largest absolute Gasteiger partial charge is 0.331 e. The molecule has 9 heteroatoms. The lowest BCUT2D eigenvalue weighted by molar-refractivity contribution is -0.384. The minimum absolute atomic E-state index is 0.0134. The van der Waals surface area contributed by atoms with E-state index < -0.39 is 4.92 Å². The summed E-state index contributed by atoms with van der Waals surface area (Å²) in [6.45, 7) is 3.83. The van der Waals surface area contributed by atoms with Crippen molar-refractivity contribution in [2.45, 2.75) is 20.4 Å². The number of benzene rings is 3. The predicted octanol–water partition coefficient (Wildman–Crippen LogP) is 4.62. The predicted molar refractivity (Wildman–Crippen MR) is 143 cm³/mol. The summed E-state index contributed by atoms with van der Waals surface area (Å²) in [5.74, 6) is -0.334. The minimum Gasteiger partial charge on any atom is -0.331 e. The number of nitrogens with zero attached hydrogens (tertiary/aromatic N) is 4. The molecule has 3 aromatic carbocycles. The number of aryl methyl sites for hydroxylation is 1. The summed E-state index contributed by atoms with van der Waals surface area (Å²) in [5, 5.41) is 16.2. The molecule has 5 rings (SSSR count). The highest BCUT2D eigenvalue weighted by Crippen LogP contribution is 2.22. The maximum absolute atomic E-state index is 12.9.